The largest absolute Gasteiger partial charge is 0.416 e. The SMILES string of the molecule is CCCCCCN1B(C)N(c2ccccc2)[SiH]N(c2ccccc2)B1C. The lowest BCUT2D eigenvalue weighted by Gasteiger charge is -2.50. The Balaban J connectivity index is 1.84. The second kappa shape index (κ2) is 9.33. The number of hydrogen-bond donors (Lipinski definition) is 0. The van der Waals surface area contributed by atoms with Crippen LogP contribution in [0.15, 0.2) is 60.7 Å². The Kier molecular flexibility index (Phi) is 6.86. The summed E-state index contributed by atoms with van der Waals surface area (Å²) in [5.74, 6) is 0. The lowest BCUT2D eigenvalue weighted by molar-refractivity contribution is 0.558. The van der Waals surface area contributed by atoms with Gasteiger partial charge in [-0.25, -0.2) is 0 Å². The third-order valence-corrected chi connectivity index (χ3v) is 7.35. The molecule has 1 aliphatic rings. The van der Waals surface area contributed by atoms with Crippen molar-refractivity contribution in [3.63, 3.8) is 0 Å². The first-order chi connectivity index (χ1) is 12.7. The normalized spacial score (nSPS) is 15.7. The fourth-order valence-corrected chi connectivity index (χ4v) is 5.43. The molecular weight excluding hydrogens is 332 g/mol. The van der Waals surface area contributed by atoms with Crippen LogP contribution in [0.3, 0.4) is 0 Å². The molecule has 0 spiro atoms. The fraction of sp³-hybridized carbons (Fsp3) is 0.400. The van der Waals surface area contributed by atoms with Gasteiger partial charge < -0.3 is 13.7 Å². The van der Waals surface area contributed by atoms with E-state index in [1.165, 1.54) is 37.1 Å². The third-order valence-electron chi connectivity index (χ3n) is 5.39. The zero-order chi connectivity index (χ0) is 18.4. The number of benzene rings is 2. The lowest BCUT2D eigenvalue weighted by atomic mass is 9.61. The highest BCUT2D eigenvalue weighted by molar-refractivity contribution is 6.92. The van der Waals surface area contributed by atoms with E-state index in [-0.39, 0.29) is 9.84 Å². The zero-order valence-electron chi connectivity index (χ0n) is 16.4. The van der Waals surface area contributed by atoms with Gasteiger partial charge in [0, 0.05) is 11.4 Å². The van der Waals surface area contributed by atoms with Gasteiger partial charge in [0.05, 0.1) is 0 Å². The van der Waals surface area contributed by atoms with E-state index in [0.717, 1.165) is 6.54 Å². The third kappa shape index (κ3) is 4.36. The highest BCUT2D eigenvalue weighted by atomic mass is 28.2. The van der Waals surface area contributed by atoms with E-state index in [0.29, 0.717) is 14.0 Å². The van der Waals surface area contributed by atoms with Crippen LogP contribution in [0.25, 0.3) is 0 Å². The summed E-state index contributed by atoms with van der Waals surface area (Å²) in [5, 5.41) is 0. The van der Waals surface area contributed by atoms with Crippen LogP contribution < -0.4 is 8.95 Å². The van der Waals surface area contributed by atoms with E-state index in [1.54, 1.807) is 0 Å². The van der Waals surface area contributed by atoms with Crippen molar-refractivity contribution in [1.82, 2.24) is 4.72 Å². The minimum Gasteiger partial charge on any atom is -0.416 e. The molecular formula is C20H30B2N3Si. The molecule has 3 nitrogen and oxygen atoms in total. The van der Waals surface area contributed by atoms with Crippen LogP contribution in [-0.2, 0) is 0 Å². The van der Waals surface area contributed by atoms with Crippen molar-refractivity contribution >= 4 is 35.2 Å². The molecule has 0 aliphatic carbocycles. The Morgan fingerprint density at radius 2 is 1.23 bits per heavy atom. The molecule has 0 N–H and O–H groups in total. The highest BCUT2D eigenvalue weighted by Gasteiger charge is 2.41. The Morgan fingerprint density at radius 1 is 0.731 bits per heavy atom. The molecule has 1 fully saturated rings. The van der Waals surface area contributed by atoms with Gasteiger partial charge in [-0.05, 0) is 37.2 Å². The molecule has 0 bridgehead atoms. The number of hydrogen-bond acceptors (Lipinski definition) is 3. The van der Waals surface area contributed by atoms with Gasteiger partial charge in [0.1, 0.15) is 0 Å². The van der Waals surface area contributed by atoms with Crippen molar-refractivity contribution in [2.24, 2.45) is 0 Å². The van der Waals surface area contributed by atoms with Crippen molar-refractivity contribution in [1.29, 1.82) is 0 Å². The van der Waals surface area contributed by atoms with Crippen molar-refractivity contribution in [2.75, 3.05) is 15.5 Å². The molecule has 0 atom stereocenters. The summed E-state index contributed by atoms with van der Waals surface area (Å²) in [4.78, 5) is 0. The van der Waals surface area contributed by atoms with Gasteiger partial charge in [-0.15, -0.1) is 0 Å². The summed E-state index contributed by atoms with van der Waals surface area (Å²) in [7, 11) is 0.0106. The summed E-state index contributed by atoms with van der Waals surface area (Å²) >= 11 is 0. The number of rotatable bonds is 7. The predicted molar refractivity (Wildman–Crippen MR) is 119 cm³/mol. The number of nitrogens with zero attached hydrogens (tertiary/aromatic N) is 3. The van der Waals surface area contributed by atoms with Gasteiger partial charge in [0.25, 0.3) is 9.84 Å². The molecule has 0 amide bonds. The zero-order valence-corrected chi connectivity index (χ0v) is 17.5. The Bertz CT molecular complexity index is 607. The van der Waals surface area contributed by atoms with Gasteiger partial charge in [-0.3, -0.25) is 0 Å². The van der Waals surface area contributed by atoms with Crippen LogP contribution in [0.2, 0.25) is 13.6 Å². The van der Waals surface area contributed by atoms with Gasteiger partial charge in [-0.2, -0.15) is 0 Å². The van der Waals surface area contributed by atoms with E-state index in [1.807, 2.05) is 0 Å². The monoisotopic (exact) mass is 362 g/mol. The maximum Gasteiger partial charge on any atom is 0.322 e. The average Bonchev–Trinajstić information content (AvgIpc) is 2.69. The van der Waals surface area contributed by atoms with Gasteiger partial charge in [0.15, 0.2) is 0 Å². The molecule has 0 unspecified atom stereocenters. The summed E-state index contributed by atoms with van der Waals surface area (Å²) < 4.78 is 7.88. The van der Waals surface area contributed by atoms with Crippen molar-refractivity contribution in [3.05, 3.63) is 60.7 Å². The first kappa shape index (κ1) is 19.1. The van der Waals surface area contributed by atoms with E-state index in [2.05, 4.69) is 94.9 Å². The molecule has 3 rings (SSSR count). The molecule has 6 heteroatoms. The molecule has 0 saturated carbocycles. The van der Waals surface area contributed by atoms with Crippen molar-refractivity contribution in [3.8, 4) is 0 Å². The van der Waals surface area contributed by atoms with E-state index in [9.17, 15) is 0 Å². The van der Waals surface area contributed by atoms with Gasteiger partial charge in [0.2, 0.25) is 0 Å². The Labute approximate surface area is 162 Å². The quantitative estimate of drug-likeness (QED) is 0.534. The number of anilines is 2. The smallest absolute Gasteiger partial charge is 0.322 e. The molecule has 1 heterocycles. The molecule has 2 aromatic carbocycles. The summed E-state index contributed by atoms with van der Waals surface area (Å²) in [6, 6.07) is 21.8. The van der Waals surface area contributed by atoms with Crippen molar-refractivity contribution in [2.45, 2.75) is 46.3 Å². The Hall–Kier alpha value is -1.65. The molecule has 1 saturated heterocycles. The van der Waals surface area contributed by atoms with E-state index in [4.69, 9.17) is 0 Å². The maximum absolute atomic E-state index is 2.67. The average molecular weight is 362 g/mol. The number of para-hydroxylation sites is 2. The second-order valence-corrected chi connectivity index (χ2v) is 8.51. The van der Waals surface area contributed by atoms with Gasteiger partial charge in [-0.1, -0.05) is 76.2 Å². The molecule has 135 valence electrons. The second-order valence-electron chi connectivity index (χ2n) is 7.16. The van der Waals surface area contributed by atoms with E-state index < -0.39 is 0 Å². The molecule has 1 radical (unpaired) electrons. The Morgan fingerprint density at radius 3 is 1.69 bits per heavy atom. The van der Waals surface area contributed by atoms with Crippen LogP contribution >= 0.6 is 0 Å². The maximum atomic E-state index is 2.67. The first-order valence-corrected chi connectivity index (χ1v) is 11.0. The molecule has 26 heavy (non-hydrogen) atoms. The van der Waals surface area contributed by atoms with Gasteiger partial charge >= 0.3 is 14.0 Å². The molecule has 2 aromatic rings. The lowest BCUT2D eigenvalue weighted by Crippen LogP contribution is -2.72. The van der Waals surface area contributed by atoms with Crippen LogP contribution in [0.5, 0.6) is 0 Å². The topological polar surface area (TPSA) is 9.72 Å². The fourth-order valence-electron chi connectivity index (χ4n) is 3.82. The van der Waals surface area contributed by atoms with Crippen LogP contribution in [-0.4, -0.2) is 35.1 Å². The molecule has 0 aromatic heterocycles. The number of unbranched alkanes of at least 4 members (excludes halogenated alkanes) is 3. The van der Waals surface area contributed by atoms with Crippen LogP contribution in [0.4, 0.5) is 11.4 Å². The van der Waals surface area contributed by atoms with Crippen LogP contribution in [0.1, 0.15) is 32.6 Å². The van der Waals surface area contributed by atoms with Crippen molar-refractivity contribution < 1.29 is 0 Å². The van der Waals surface area contributed by atoms with E-state index >= 15 is 0 Å². The molecule has 1 aliphatic heterocycles. The standard InChI is InChI=1S/C20H30B2N3Si/c1-4-5-6-13-18-23-21(2)24(19-14-9-7-10-15-19)26-25(22(23)3)20-16-11-8-12-17-20/h7-12,14-17,26H,4-6,13,18H2,1-3H3. The highest BCUT2D eigenvalue weighted by Crippen LogP contribution is 2.26. The summed E-state index contributed by atoms with van der Waals surface area (Å²) in [5.41, 5.74) is 2.67. The summed E-state index contributed by atoms with van der Waals surface area (Å²) in [6.07, 6.45) is 5.24. The first-order valence-electron chi connectivity index (χ1n) is 10.00. The minimum absolute atomic E-state index is 0.0106. The van der Waals surface area contributed by atoms with Crippen LogP contribution in [0, 0.1) is 0 Å². The predicted octanol–water partition coefficient (Wildman–Crippen LogP) is 4.40. The minimum atomic E-state index is 0.0106. The summed E-state index contributed by atoms with van der Waals surface area (Å²) in [6.45, 7) is 9.06.